The molecule has 2 heteroatoms. The maximum Gasteiger partial charge on any atom is 0.143 e. The third-order valence-electron chi connectivity index (χ3n) is 16.1. The molecule has 2 aromatic heterocycles. The first kappa shape index (κ1) is 40.3. The Morgan fingerprint density at radius 1 is 0.260 bits per heavy atom. The summed E-state index contributed by atoms with van der Waals surface area (Å²) < 4.78 is 14.0. The van der Waals surface area contributed by atoms with E-state index in [2.05, 4.69) is 255 Å². The zero-order valence-electron chi connectivity index (χ0n) is 39.6. The average molecular weight is 927 g/mol. The molecule has 0 aliphatic heterocycles. The summed E-state index contributed by atoms with van der Waals surface area (Å²) in [6.07, 6.45) is 0. The SMILES string of the molecule is c1ccc(C2(c3ccccc3)c3ccccc3-c3cccc(-c4c5cccc(-c6cccc7c6oc6ccc8ccccc8c67)c5cc5c(-c6cccc7c6oc6ccc8ccccc8c67)cccc45)c32)cc1. The van der Waals surface area contributed by atoms with Crippen molar-refractivity contribution in [2.24, 2.45) is 0 Å². The van der Waals surface area contributed by atoms with Crippen LogP contribution in [0.1, 0.15) is 22.3 Å². The number of hydrogen-bond acceptors (Lipinski definition) is 2. The molecule has 73 heavy (non-hydrogen) atoms. The smallest absolute Gasteiger partial charge is 0.143 e. The monoisotopic (exact) mass is 926 g/mol. The topological polar surface area (TPSA) is 26.3 Å². The van der Waals surface area contributed by atoms with Crippen LogP contribution in [-0.2, 0) is 5.41 Å². The molecule has 2 nitrogen and oxygen atoms in total. The van der Waals surface area contributed by atoms with Gasteiger partial charge >= 0.3 is 0 Å². The van der Waals surface area contributed by atoms with Gasteiger partial charge in [0.15, 0.2) is 0 Å². The fraction of sp³-hybridized carbons (Fsp3) is 0.0141. The second-order valence-electron chi connectivity index (χ2n) is 19.7. The first-order valence-electron chi connectivity index (χ1n) is 25.2. The molecule has 0 unspecified atom stereocenters. The molecule has 0 spiro atoms. The van der Waals surface area contributed by atoms with Gasteiger partial charge in [-0.15, -0.1) is 0 Å². The van der Waals surface area contributed by atoms with Gasteiger partial charge in [-0.3, -0.25) is 0 Å². The third-order valence-corrected chi connectivity index (χ3v) is 16.1. The zero-order valence-corrected chi connectivity index (χ0v) is 39.6. The number of furan rings is 2. The normalized spacial score (nSPS) is 13.0. The van der Waals surface area contributed by atoms with Gasteiger partial charge in [0, 0.05) is 32.7 Å². The molecular weight excluding hydrogens is 885 g/mol. The summed E-state index contributed by atoms with van der Waals surface area (Å²) in [5, 5.41) is 13.9. The fourth-order valence-corrected chi connectivity index (χ4v) is 13.2. The van der Waals surface area contributed by atoms with Crippen LogP contribution in [0.2, 0.25) is 0 Å². The van der Waals surface area contributed by atoms with Crippen molar-refractivity contribution in [1.29, 1.82) is 0 Å². The van der Waals surface area contributed by atoms with Crippen molar-refractivity contribution in [3.63, 3.8) is 0 Å². The van der Waals surface area contributed by atoms with Crippen LogP contribution in [0.3, 0.4) is 0 Å². The van der Waals surface area contributed by atoms with Gasteiger partial charge in [-0.25, -0.2) is 0 Å². The van der Waals surface area contributed by atoms with E-state index in [9.17, 15) is 0 Å². The van der Waals surface area contributed by atoms with Crippen molar-refractivity contribution < 1.29 is 8.83 Å². The summed E-state index contributed by atoms with van der Waals surface area (Å²) in [4.78, 5) is 0. The molecule has 0 atom stereocenters. The van der Waals surface area contributed by atoms with E-state index in [1.807, 2.05) is 0 Å². The van der Waals surface area contributed by atoms with Gasteiger partial charge in [0.1, 0.15) is 22.3 Å². The van der Waals surface area contributed by atoms with Gasteiger partial charge < -0.3 is 8.83 Å². The van der Waals surface area contributed by atoms with Crippen molar-refractivity contribution in [2.45, 2.75) is 5.41 Å². The molecule has 1 aliphatic rings. The van der Waals surface area contributed by atoms with Gasteiger partial charge in [0.2, 0.25) is 0 Å². The van der Waals surface area contributed by atoms with Crippen LogP contribution in [0.15, 0.2) is 264 Å². The Kier molecular flexibility index (Phi) is 8.41. The minimum absolute atomic E-state index is 0.625. The first-order chi connectivity index (χ1) is 36.2. The van der Waals surface area contributed by atoms with Crippen LogP contribution in [-0.4, -0.2) is 0 Å². The summed E-state index contributed by atoms with van der Waals surface area (Å²) in [5.74, 6) is 0. The van der Waals surface area contributed by atoms with E-state index in [0.29, 0.717) is 0 Å². The van der Waals surface area contributed by atoms with Crippen molar-refractivity contribution >= 4 is 87.0 Å². The summed E-state index contributed by atoms with van der Waals surface area (Å²) in [6, 6.07) is 93.7. The molecule has 0 bridgehead atoms. The van der Waals surface area contributed by atoms with Crippen LogP contribution in [0.5, 0.6) is 0 Å². The number of para-hydroxylation sites is 2. The van der Waals surface area contributed by atoms with Crippen molar-refractivity contribution in [3.8, 4) is 44.5 Å². The summed E-state index contributed by atoms with van der Waals surface area (Å²) >= 11 is 0. The van der Waals surface area contributed by atoms with Crippen LogP contribution < -0.4 is 0 Å². The third kappa shape index (κ3) is 5.52. The molecule has 15 aromatic rings. The number of rotatable bonds is 5. The number of benzene rings is 13. The van der Waals surface area contributed by atoms with Gasteiger partial charge in [-0.2, -0.15) is 0 Å². The van der Waals surface area contributed by atoms with Crippen LogP contribution in [0, 0.1) is 0 Å². The lowest BCUT2D eigenvalue weighted by molar-refractivity contribution is 0.670. The maximum atomic E-state index is 7.01. The summed E-state index contributed by atoms with van der Waals surface area (Å²) in [5.41, 5.74) is 17.2. The molecule has 16 rings (SSSR count). The minimum atomic E-state index is -0.625. The fourth-order valence-electron chi connectivity index (χ4n) is 13.2. The molecule has 2 heterocycles. The molecule has 1 aliphatic carbocycles. The highest BCUT2D eigenvalue weighted by atomic mass is 16.3. The molecule has 0 saturated carbocycles. The number of fused-ring (bicyclic) bond motifs is 15. The lowest BCUT2D eigenvalue weighted by Gasteiger charge is -2.35. The highest BCUT2D eigenvalue weighted by molar-refractivity contribution is 6.26. The molecule has 0 N–H and O–H groups in total. The van der Waals surface area contributed by atoms with Gasteiger partial charge in [-0.05, 0) is 117 Å². The average Bonchev–Trinajstić information content (AvgIpc) is 4.14. The first-order valence-corrected chi connectivity index (χ1v) is 25.2. The predicted octanol–water partition coefficient (Wildman–Crippen LogP) is 19.5. The molecular formula is C71H42O2. The molecule has 0 fully saturated rings. The zero-order chi connectivity index (χ0) is 47.8. The lowest BCUT2D eigenvalue weighted by atomic mass is 9.65. The van der Waals surface area contributed by atoms with Gasteiger partial charge in [0.25, 0.3) is 0 Å². The van der Waals surface area contributed by atoms with Crippen LogP contribution >= 0.6 is 0 Å². The van der Waals surface area contributed by atoms with E-state index in [4.69, 9.17) is 8.83 Å². The van der Waals surface area contributed by atoms with E-state index in [-0.39, 0.29) is 0 Å². The van der Waals surface area contributed by atoms with Gasteiger partial charge in [0.05, 0.1) is 5.41 Å². The predicted molar refractivity (Wildman–Crippen MR) is 305 cm³/mol. The standard InChI is InChI=1S/C71H42O2/c1-3-20-45(21-4-1)71(46-22-5-2-6-23-46)62-37-12-11-26-51(62)54-31-15-34-57(68(54)71)65-52-29-13-27-49(55-32-16-35-58-66-47-24-9-7-18-43(47)38-40-63(66)72-69(55)58)60(52)42-61-50(28-14-30-53(61)65)56-33-17-36-59-67-48-25-10-8-19-44(48)39-41-64(67)73-70(56)59/h1-42H. The van der Waals surface area contributed by atoms with E-state index < -0.39 is 5.41 Å². The van der Waals surface area contributed by atoms with Crippen molar-refractivity contribution in [2.75, 3.05) is 0 Å². The summed E-state index contributed by atoms with van der Waals surface area (Å²) in [7, 11) is 0. The quantitative estimate of drug-likeness (QED) is 0.161. The second-order valence-corrected chi connectivity index (χ2v) is 19.7. The van der Waals surface area contributed by atoms with Crippen molar-refractivity contribution in [3.05, 3.63) is 277 Å². The Bertz CT molecular complexity index is 4530. The van der Waals surface area contributed by atoms with E-state index >= 15 is 0 Å². The Balaban J connectivity index is 1.06. The Hall–Kier alpha value is -9.50. The van der Waals surface area contributed by atoms with E-state index in [1.54, 1.807) is 0 Å². The Labute approximate surface area is 420 Å². The molecule has 13 aromatic carbocycles. The Morgan fingerprint density at radius 2 is 0.671 bits per heavy atom. The molecule has 0 saturated heterocycles. The maximum absolute atomic E-state index is 7.01. The highest BCUT2D eigenvalue weighted by Gasteiger charge is 2.47. The molecule has 338 valence electrons. The lowest BCUT2D eigenvalue weighted by Crippen LogP contribution is -2.29. The van der Waals surface area contributed by atoms with E-state index in [1.165, 1.54) is 76.8 Å². The highest BCUT2D eigenvalue weighted by Crippen LogP contribution is 2.60. The van der Waals surface area contributed by atoms with Crippen LogP contribution in [0.25, 0.3) is 131 Å². The van der Waals surface area contributed by atoms with Crippen LogP contribution in [0.4, 0.5) is 0 Å². The van der Waals surface area contributed by atoms with E-state index in [0.717, 1.165) is 76.9 Å². The molecule has 0 radical (unpaired) electrons. The molecule has 0 amide bonds. The van der Waals surface area contributed by atoms with Gasteiger partial charge in [-0.1, -0.05) is 237 Å². The second kappa shape index (κ2) is 15.3. The largest absolute Gasteiger partial charge is 0.455 e. The Morgan fingerprint density at radius 3 is 1.23 bits per heavy atom. The van der Waals surface area contributed by atoms with Crippen molar-refractivity contribution in [1.82, 2.24) is 0 Å². The minimum Gasteiger partial charge on any atom is -0.455 e. The number of hydrogen-bond donors (Lipinski definition) is 0. The summed E-state index contributed by atoms with van der Waals surface area (Å²) in [6.45, 7) is 0.